The molecule has 2 rings (SSSR count). The molecular formula is C14H13FN2O. The van der Waals surface area contributed by atoms with Crippen LogP contribution in [0.5, 0.6) is 0 Å². The minimum absolute atomic E-state index is 0.0732. The minimum Gasteiger partial charge on any atom is -0.348 e. The third-order valence-corrected chi connectivity index (χ3v) is 2.57. The maximum Gasteiger partial charge on any atom is 0.254 e. The molecule has 92 valence electrons. The lowest BCUT2D eigenvalue weighted by atomic mass is 10.1. The molecule has 0 spiro atoms. The van der Waals surface area contributed by atoms with Crippen LogP contribution in [0.1, 0.15) is 21.5 Å². The molecule has 0 aliphatic rings. The maximum atomic E-state index is 13.5. The number of hydrogen-bond donors (Lipinski definition) is 1. The van der Waals surface area contributed by atoms with E-state index in [1.807, 2.05) is 6.92 Å². The van der Waals surface area contributed by atoms with Crippen molar-refractivity contribution in [3.8, 4) is 0 Å². The summed E-state index contributed by atoms with van der Waals surface area (Å²) in [6, 6.07) is 8.07. The van der Waals surface area contributed by atoms with E-state index >= 15 is 0 Å². The van der Waals surface area contributed by atoms with Crippen LogP contribution in [0.15, 0.2) is 42.7 Å². The number of carbonyl (C=O) groups is 1. The molecule has 4 heteroatoms. The zero-order valence-electron chi connectivity index (χ0n) is 9.98. The predicted octanol–water partition coefficient (Wildman–Crippen LogP) is 2.46. The van der Waals surface area contributed by atoms with Crippen LogP contribution in [0.3, 0.4) is 0 Å². The highest BCUT2D eigenvalue weighted by molar-refractivity contribution is 5.94. The number of halogens is 1. The van der Waals surface area contributed by atoms with Crippen LogP contribution in [0.2, 0.25) is 0 Å². The third-order valence-electron chi connectivity index (χ3n) is 2.57. The number of aromatic nitrogens is 1. The highest BCUT2D eigenvalue weighted by Crippen LogP contribution is 2.10. The van der Waals surface area contributed by atoms with Gasteiger partial charge in [-0.3, -0.25) is 9.78 Å². The van der Waals surface area contributed by atoms with Crippen LogP contribution in [0.4, 0.5) is 4.39 Å². The molecule has 0 saturated carbocycles. The van der Waals surface area contributed by atoms with Crippen molar-refractivity contribution in [2.24, 2.45) is 0 Å². The molecule has 0 atom stereocenters. The minimum atomic E-state index is -0.507. The van der Waals surface area contributed by atoms with Gasteiger partial charge >= 0.3 is 0 Å². The van der Waals surface area contributed by atoms with Crippen LogP contribution in [0.25, 0.3) is 0 Å². The van der Waals surface area contributed by atoms with E-state index in [-0.39, 0.29) is 5.56 Å². The third kappa shape index (κ3) is 2.91. The Labute approximate surface area is 105 Å². The van der Waals surface area contributed by atoms with Gasteiger partial charge in [0.05, 0.1) is 5.56 Å². The summed E-state index contributed by atoms with van der Waals surface area (Å²) < 4.78 is 13.5. The van der Waals surface area contributed by atoms with Crippen LogP contribution < -0.4 is 5.32 Å². The smallest absolute Gasteiger partial charge is 0.254 e. The standard InChI is InChI=1S/C14H13FN2O/c1-10-2-3-13(15)12(8-10)14(18)17-9-11-4-6-16-7-5-11/h2-8H,9H2,1H3,(H,17,18). The van der Waals surface area contributed by atoms with E-state index < -0.39 is 11.7 Å². The fourth-order valence-corrected chi connectivity index (χ4v) is 1.59. The van der Waals surface area contributed by atoms with Crippen molar-refractivity contribution < 1.29 is 9.18 Å². The van der Waals surface area contributed by atoms with Gasteiger partial charge in [0.15, 0.2) is 0 Å². The number of carbonyl (C=O) groups excluding carboxylic acids is 1. The fraction of sp³-hybridized carbons (Fsp3) is 0.143. The van der Waals surface area contributed by atoms with Gasteiger partial charge in [0, 0.05) is 18.9 Å². The van der Waals surface area contributed by atoms with Crippen molar-refractivity contribution in [2.75, 3.05) is 0 Å². The molecule has 1 aromatic carbocycles. The summed E-state index contributed by atoms with van der Waals surface area (Å²) in [6.45, 7) is 2.17. The van der Waals surface area contributed by atoms with Gasteiger partial charge in [-0.2, -0.15) is 0 Å². The number of hydrogen-bond acceptors (Lipinski definition) is 2. The summed E-state index contributed by atoms with van der Waals surface area (Å²) >= 11 is 0. The van der Waals surface area contributed by atoms with Crippen LogP contribution in [-0.4, -0.2) is 10.9 Å². The molecule has 0 aliphatic heterocycles. The van der Waals surface area contributed by atoms with Crippen LogP contribution in [-0.2, 0) is 6.54 Å². The average Bonchev–Trinajstić information content (AvgIpc) is 2.40. The second kappa shape index (κ2) is 5.40. The Morgan fingerprint density at radius 1 is 1.28 bits per heavy atom. The van der Waals surface area contributed by atoms with Gasteiger partial charge in [-0.1, -0.05) is 11.6 Å². The lowest BCUT2D eigenvalue weighted by molar-refractivity contribution is 0.0947. The summed E-state index contributed by atoms with van der Waals surface area (Å²) in [7, 11) is 0. The first-order valence-corrected chi connectivity index (χ1v) is 5.60. The Hall–Kier alpha value is -2.23. The molecule has 0 fully saturated rings. The van der Waals surface area contributed by atoms with Crippen LogP contribution >= 0.6 is 0 Å². The molecule has 0 bridgehead atoms. The van der Waals surface area contributed by atoms with Crippen molar-refractivity contribution in [2.45, 2.75) is 13.5 Å². The van der Waals surface area contributed by atoms with Gasteiger partial charge in [-0.05, 0) is 36.8 Å². The van der Waals surface area contributed by atoms with Gasteiger partial charge < -0.3 is 5.32 Å². The van der Waals surface area contributed by atoms with Gasteiger partial charge in [0.2, 0.25) is 0 Å². The Morgan fingerprint density at radius 3 is 2.72 bits per heavy atom. The van der Waals surface area contributed by atoms with Gasteiger partial charge in [0.1, 0.15) is 5.82 Å². The summed E-state index contributed by atoms with van der Waals surface area (Å²) in [4.78, 5) is 15.7. The van der Waals surface area contributed by atoms with Crippen molar-refractivity contribution in [1.82, 2.24) is 10.3 Å². The second-order valence-corrected chi connectivity index (χ2v) is 4.02. The average molecular weight is 244 g/mol. The summed E-state index contributed by atoms with van der Waals surface area (Å²) in [6.07, 6.45) is 3.30. The normalized spacial score (nSPS) is 10.1. The number of nitrogens with one attached hydrogen (secondary N) is 1. The fourth-order valence-electron chi connectivity index (χ4n) is 1.59. The number of pyridine rings is 1. The Bertz CT molecular complexity index is 555. The molecule has 1 amide bonds. The van der Waals surface area contributed by atoms with Gasteiger partial charge in [-0.25, -0.2) is 4.39 Å². The first kappa shape index (κ1) is 12.2. The number of benzene rings is 1. The Kier molecular flexibility index (Phi) is 3.67. The lowest BCUT2D eigenvalue weighted by Crippen LogP contribution is -2.23. The number of rotatable bonds is 3. The highest BCUT2D eigenvalue weighted by atomic mass is 19.1. The topological polar surface area (TPSA) is 42.0 Å². The quantitative estimate of drug-likeness (QED) is 0.901. The molecule has 18 heavy (non-hydrogen) atoms. The van der Waals surface area contributed by atoms with E-state index in [0.717, 1.165) is 11.1 Å². The van der Waals surface area contributed by atoms with E-state index in [1.165, 1.54) is 12.1 Å². The first-order chi connectivity index (χ1) is 8.66. The summed E-state index contributed by atoms with van der Waals surface area (Å²) in [5, 5.41) is 2.68. The first-order valence-electron chi connectivity index (χ1n) is 5.60. The number of aryl methyl sites for hydroxylation is 1. The van der Waals surface area contributed by atoms with Gasteiger partial charge in [-0.15, -0.1) is 0 Å². The van der Waals surface area contributed by atoms with Crippen molar-refractivity contribution in [3.05, 3.63) is 65.2 Å². The monoisotopic (exact) mass is 244 g/mol. The van der Waals surface area contributed by atoms with Gasteiger partial charge in [0.25, 0.3) is 5.91 Å². The zero-order chi connectivity index (χ0) is 13.0. The van der Waals surface area contributed by atoms with Crippen LogP contribution in [0, 0.1) is 12.7 Å². The molecule has 3 nitrogen and oxygen atoms in total. The molecule has 2 aromatic rings. The molecule has 0 saturated heterocycles. The largest absolute Gasteiger partial charge is 0.348 e. The SMILES string of the molecule is Cc1ccc(F)c(C(=O)NCc2ccncc2)c1. The van der Waals surface area contributed by atoms with Crippen molar-refractivity contribution >= 4 is 5.91 Å². The number of nitrogens with zero attached hydrogens (tertiary/aromatic N) is 1. The van der Waals surface area contributed by atoms with E-state index in [9.17, 15) is 9.18 Å². The second-order valence-electron chi connectivity index (χ2n) is 4.02. The Morgan fingerprint density at radius 2 is 2.00 bits per heavy atom. The molecular weight excluding hydrogens is 231 g/mol. The van der Waals surface area contributed by atoms with E-state index in [4.69, 9.17) is 0 Å². The van der Waals surface area contributed by atoms with Crippen molar-refractivity contribution in [3.63, 3.8) is 0 Å². The summed E-state index contributed by atoms with van der Waals surface area (Å²) in [5.74, 6) is -0.916. The molecule has 1 N–H and O–H groups in total. The molecule has 1 aromatic heterocycles. The Balaban J connectivity index is 2.06. The lowest BCUT2D eigenvalue weighted by Gasteiger charge is -2.06. The number of amides is 1. The van der Waals surface area contributed by atoms with E-state index in [1.54, 1.807) is 30.6 Å². The summed E-state index contributed by atoms with van der Waals surface area (Å²) in [5.41, 5.74) is 1.85. The maximum absolute atomic E-state index is 13.5. The van der Waals surface area contributed by atoms with E-state index in [2.05, 4.69) is 10.3 Å². The van der Waals surface area contributed by atoms with E-state index in [0.29, 0.717) is 6.54 Å². The highest BCUT2D eigenvalue weighted by Gasteiger charge is 2.11. The predicted molar refractivity (Wildman–Crippen MR) is 66.5 cm³/mol. The zero-order valence-corrected chi connectivity index (χ0v) is 9.98. The molecule has 1 heterocycles. The molecule has 0 aliphatic carbocycles. The van der Waals surface area contributed by atoms with Crippen molar-refractivity contribution in [1.29, 1.82) is 0 Å². The molecule has 0 unspecified atom stereocenters. The molecule has 0 radical (unpaired) electrons.